The molecule has 1 aliphatic carbocycles. The lowest BCUT2D eigenvalue weighted by Crippen LogP contribution is -2.42. The Balaban J connectivity index is 2.02. The number of Topliss-reactive ketones (excluding diaryl/α,β-unsaturated/α-hetero) is 1. The summed E-state index contributed by atoms with van der Waals surface area (Å²) in [5.41, 5.74) is 10.2. The van der Waals surface area contributed by atoms with Gasteiger partial charge in [0.15, 0.2) is 5.78 Å². The zero-order valence-electron chi connectivity index (χ0n) is 18.7. The molecule has 0 bridgehead atoms. The summed E-state index contributed by atoms with van der Waals surface area (Å²) in [7, 11) is 0. The van der Waals surface area contributed by atoms with Crippen LogP contribution in [0.25, 0.3) is 0 Å². The van der Waals surface area contributed by atoms with Crippen molar-refractivity contribution in [2.75, 3.05) is 10.7 Å². The van der Waals surface area contributed by atoms with Crippen molar-refractivity contribution >= 4 is 46.2 Å². The third-order valence-corrected chi connectivity index (χ3v) is 8.56. The molecule has 1 atom stereocenters. The number of nitrogens with zero attached hydrogens (tertiary/aromatic N) is 2. The van der Waals surface area contributed by atoms with E-state index >= 15 is 0 Å². The van der Waals surface area contributed by atoms with Crippen molar-refractivity contribution in [2.45, 2.75) is 51.3 Å². The van der Waals surface area contributed by atoms with E-state index < -0.39 is 5.92 Å². The van der Waals surface area contributed by atoms with Crippen LogP contribution in [-0.2, 0) is 4.79 Å². The number of hydrogen-bond acceptors (Lipinski definition) is 6. The van der Waals surface area contributed by atoms with Crippen LogP contribution < -0.4 is 10.6 Å². The van der Waals surface area contributed by atoms with Gasteiger partial charge in [-0.05, 0) is 53.7 Å². The van der Waals surface area contributed by atoms with E-state index in [1.165, 1.54) is 0 Å². The molecule has 0 unspecified atom stereocenters. The van der Waals surface area contributed by atoms with Crippen molar-refractivity contribution in [2.24, 2.45) is 11.1 Å². The summed E-state index contributed by atoms with van der Waals surface area (Å²) in [5.74, 6) is 0.960. The molecule has 4 nitrogen and oxygen atoms in total. The number of thiophene rings is 1. The molecule has 32 heavy (non-hydrogen) atoms. The lowest BCUT2D eigenvalue weighted by Gasteiger charge is -2.44. The molecule has 166 valence electrons. The van der Waals surface area contributed by atoms with Crippen LogP contribution in [0.1, 0.15) is 50.0 Å². The van der Waals surface area contributed by atoms with E-state index in [-0.39, 0.29) is 11.2 Å². The first-order valence-corrected chi connectivity index (χ1v) is 12.9. The van der Waals surface area contributed by atoms with Gasteiger partial charge in [-0.1, -0.05) is 38.4 Å². The number of nitrogens with two attached hydrogens (primary N) is 1. The molecule has 1 aromatic heterocycles. The topological polar surface area (TPSA) is 70.1 Å². The molecule has 2 aromatic rings. The number of ketones is 1. The molecule has 1 aromatic carbocycles. The molecule has 2 heterocycles. The monoisotopic (exact) mass is 483 g/mol. The number of carbonyl (C=O) groups excluding carboxylic acids is 1. The third kappa shape index (κ3) is 3.77. The van der Waals surface area contributed by atoms with Crippen molar-refractivity contribution in [3.05, 3.63) is 67.8 Å². The maximum Gasteiger partial charge on any atom is 0.162 e. The smallest absolute Gasteiger partial charge is 0.162 e. The van der Waals surface area contributed by atoms with Crippen LogP contribution in [0.15, 0.2) is 57.2 Å². The average molecular weight is 484 g/mol. The third-order valence-electron chi connectivity index (χ3n) is 6.08. The van der Waals surface area contributed by atoms with E-state index in [0.29, 0.717) is 34.8 Å². The number of thioether (sulfide) groups is 1. The zero-order chi connectivity index (χ0) is 23.2. The minimum atomic E-state index is -0.427. The highest BCUT2D eigenvalue weighted by molar-refractivity contribution is 7.99. The normalized spacial score (nSPS) is 20.4. The van der Waals surface area contributed by atoms with Crippen LogP contribution >= 0.6 is 34.7 Å². The van der Waals surface area contributed by atoms with Crippen LogP contribution in [0.5, 0.6) is 0 Å². The lowest BCUT2D eigenvalue weighted by atomic mass is 9.69. The van der Waals surface area contributed by atoms with Crippen molar-refractivity contribution in [3.8, 4) is 6.07 Å². The summed E-state index contributed by atoms with van der Waals surface area (Å²) < 4.78 is 0. The molecular weight excluding hydrogens is 458 g/mol. The molecule has 0 radical (unpaired) electrons. The number of halogens is 1. The molecular formula is C25H26ClN3OS2. The first kappa shape index (κ1) is 23.0. The standard InChI is InChI=1S/C25H26ClN3OS2/c1-5-31-20-9-10-32-23(20)21-15(13-27)24(28)29(17-8-6-7-16(26)14(17)2)18-11-25(3,4)12-19(30)22(18)21/h6-10,21H,5,11-12,28H2,1-4H3/t21-/m1/s1. The molecule has 1 aliphatic heterocycles. The summed E-state index contributed by atoms with van der Waals surface area (Å²) in [6.45, 7) is 8.26. The lowest BCUT2D eigenvalue weighted by molar-refractivity contribution is -0.118. The van der Waals surface area contributed by atoms with Crippen molar-refractivity contribution in [3.63, 3.8) is 0 Å². The van der Waals surface area contributed by atoms with Crippen molar-refractivity contribution < 1.29 is 4.79 Å². The van der Waals surface area contributed by atoms with Gasteiger partial charge in [-0.3, -0.25) is 9.69 Å². The zero-order valence-corrected chi connectivity index (χ0v) is 21.0. The Morgan fingerprint density at radius 3 is 2.78 bits per heavy atom. The van der Waals surface area contributed by atoms with Gasteiger partial charge in [0.05, 0.1) is 23.2 Å². The number of benzene rings is 1. The highest BCUT2D eigenvalue weighted by atomic mass is 35.5. The van der Waals surface area contributed by atoms with Gasteiger partial charge >= 0.3 is 0 Å². The minimum absolute atomic E-state index is 0.0898. The molecule has 2 aliphatic rings. The molecule has 0 saturated heterocycles. The van der Waals surface area contributed by atoms with Crippen LogP contribution in [0.3, 0.4) is 0 Å². The van der Waals surface area contributed by atoms with Crippen LogP contribution in [-0.4, -0.2) is 11.5 Å². The van der Waals surface area contributed by atoms with E-state index in [0.717, 1.165) is 32.5 Å². The number of nitriles is 1. The van der Waals surface area contributed by atoms with Crippen LogP contribution in [0.2, 0.25) is 5.02 Å². The Kier molecular flexibility index (Phi) is 6.19. The molecule has 0 amide bonds. The van der Waals surface area contributed by atoms with Crippen LogP contribution in [0, 0.1) is 23.7 Å². The highest BCUT2D eigenvalue weighted by Crippen LogP contribution is 2.53. The first-order chi connectivity index (χ1) is 15.2. The Morgan fingerprint density at radius 2 is 2.09 bits per heavy atom. The second-order valence-electron chi connectivity index (χ2n) is 8.95. The predicted octanol–water partition coefficient (Wildman–Crippen LogP) is 6.76. The van der Waals surface area contributed by atoms with Crippen molar-refractivity contribution in [1.29, 1.82) is 5.26 Å². The van der Waals surface area contributed by atoms with Gasteiger partial charge in [-0.25, -0.2) is 0 Å². The maximum atomic E-state index is 13.6. The van der Waals surface area contributed by atoms with Gasteiger partial charge in [0.2, 0.25) is 0 Å². The fourth-order valence-electron chi connectivity index (χ4n) is 4.68. The number of carbonyl (C=O) groups is 1. The van der Waals surface area contributed by atoms with Gasteiger partial charge in [0, 0.05) is 32.5 Å². The SMILES string of the molecule is CCSc1ccsc1[C@@H]1C(C#N)=C(N)N(c2cccc(Cl)c2C)C2=C1C(=O)CC(C)(C)C2. The molecule has 2 N–H and O–H groups in total. The van der Waals surface area contributed by atoms with E-state index in [1.54, 1.807) is 23.1 Å². The number of anilines is 1. The van der Waals surface area contributed by atoms with Crippen LogP contribution in [0.4, 0.5) is 5.69 Å². The highest BCUT2D eigenvalue weighted by Gasteiger charge is 2.45. The van der Waals surface area contributed by atoms with Gasteiger partial charge in [0.25, 0.3) is 0 Å². The summed E-state index contributed by atoms with van der Waals surface area (Å²) >= 11 is 9.76. The van der Waals surface area contributed by atoms with Gasteiger partial charge in [-0.2, -0.15) is 5.26 Å². The second kappa shape index (κ2) is 8.62. The Labute approximate surface area is 202 Å². The maximum absolute atomic E-state index is 13.6. The van der Waals surface area contributed by atoms with E-state index in [2.05, 4.69) is 32.9 Å². The molecule has 0 spiro atoms. The first-order valence-electron chi connectivity index (χ1n) is 10.6. The molecule has 0 fully saturated rings. The second-order valence-corrected chi connectivity index (χ2v) is 11.6. The number of rotatable bonds is 4. The van der Waals surface area contributed by atoms with E-state index in [9.17, 15) is 10.1 Å². The largest absolute Gasteiger partial charge is 0.384 e. The Hall–Kier alpha value is -2.20. The van der Waals surface area contributed by atoms with E-state index in [1.807, 2.05) is 35.4 Å². The summed E-state index contributed by atoms with van der Waals surface area (Å²) in [6, 6.07) is 10.1. The predicted molar refractivity (Wildman–Crippen MR) is 134 cm³/mol. The van der Waals surface area contributed by atoms with Gasteiger partial charge < -0.3 is 5.73 Å². The quantitative estimate of drug-likeness (QED) is 0.486. The summed E-state index contributed by atoms with van der Waals surface area (Å²) in [6.07, 6.45) is 1.14. The molecule has 0 saturated carbocycles. The Morgan fingerprint density at radius 1 is 1.34 bits per heavy atom. The average Bonchev–Trinajstić information content (AvgIpc) is 3.17. The number of hydrogen-bond donors (Lipinski definition) is 1. The summed E-state index contributed by atoms with van der Waals surface area (Å²) in [5, 5.41) is 12.9. The molecule has 4 rings (SSSR count). The van der Waals surface area contributed by atoms with Gasteiger partial charge in [-0.15, -0.1) is 23.1 Å². The molecule has 7 heteroatoms. The van der Waals surface area contributed by atoms with Crippen molar-refractivity contribution in [1.82, 2.24) is 0 Å². The fraction of sp³-hybridized carbons (Fsp3) is 0.360. The Bertz CT molecular complexity index is 1200. The number of allylic oxidation sites excluding steroid dienone is 3. The van der Waals surface area contributed by atoms with Gasteiger partial charge in [0.1, 0.15) is 5.82 Å². The fourth-order valence-corrected chi connectivity index (χ4v) is 6.90. The summed E-state index contributed by atoms with van der Waals surface area (Å²) in [4.78, 5) is 17.7. The van der Waals surface area contributed by atoms with E-state index in [4.69, 9.17) is 17.3 Å². The minimum Gasteiger partial charge on any atom is -0.384 e.